The summed E-state index contributed by atoms with van der Waals surface area (Å²) in [5.74, 6) is 1.05. The molecule has 0 fully saturated rings. The van der Waals surface area contributed by atoms with Crippen LogP contribution >= 0.6 is 0 Å². The van der Waals surface area contributed by atoms with Crippen molar-refractivity contribution in [2.75, 3.05) is 6.54 Å². The number of nitrogens with one attached hydrogen (secondary N) is 1. The third-order valence-corrected chi connectivity index (χ3v) is 4.11. The van der Waals surface area contributed by atoms with Gasteiger partial charge >= 0.3 is 0 Å². The zero-order chi connectivity index (χ0) is 14.5. The Morgan fingerprint density at radius 3 is 2.76 bits per heavy atom. The van der Waals surface area contributed by atoms with Gasteiger partial charge in [0.05, 0.1) is 0 Å². The molecule has 0 amide bonds. The van der Waals surface area contributed by atoms with Gasteiger partial charge in [-0.05, 0) is 48.6 Å². The first kappa shape index (κ1) is 14.2. The summed E-state index contributed by atoms with van der Waals surface area (Å²) in [5.41, 5.74) is 4.03. The minimum absolute atomic E-state index is 0.500. The molecule has 0 aromatic heterocycles. The van der Waals surface area contributed by atoms with Gasteiger partial charge in [0.2, 0.25) is 0 Å². The summed E-state index contributed by atoms with van der Waals surface area (Å²) >= 11 is 0. The van der Waals surface area contributed by atoms with E-state index in [9.17, 15) is 0 Å². The highest BCUT2D eigenvalue weighted by Gasteiger charge is 2.24. The number of ether oxygens (including phenoxy) is 1. The van der Waals surface area contributed by atoms with E-state index in [1.54, 1.807) is 0 Å². The van der Waals surface area contributed by atoms with Crippen molar-refractivity contribution in [1.29, 1.82) is 0 Å². The first-order valence-corrected chi connectivity index (χ1v) is 7.90. The summed E-state index contributed by atoms with van der Waals surface area (Å²) in [7, 11) is 0. The van der Waals surface area contributed by atoms with Crippen LogP contribution in [0, 0.1) is 0 Å². The molecule has 3 rings (SSSR count). The molecule has 21 heavy (non-hydrogen) atoms. The Morgan fingerprint density at radius 2 is 1.95 bits per heavy atom. The van der Waals surface area contributed by atoms with Crippen LogP contribution in [0.4, 0.5) is 0 Å². The van der Waals surface area contributed by atoms with Crippen LogP contribution in [0.5, 0.6) is 5.75 Å². The molecule has 1 N–H and O–H groups in total. The fraction of sp³-hybridized carbons (Fsp3) is 0.368. The van der Waals surface area contributed by atoms with Crippen LogP contribution in [0.3, 0.4) is 0 Å². The van der Waals surface area contributed by atoms with E-state index >= 15 is 0 Å². The standard InChI is InChI=1S/C19H23NO/c1-2-13-20-18-12-11-17-16(18)9-6-10-19(17)21-14-15-7-4-3-5-8-15/h3-10,18,20H,2,11-14H2,1H3. The average Bonchev–Trinajstić information content (AvgIpc) is 2.95. The van der Waals surface area contributed by atoms with E-state index in [1.807, 2.05) is 6.07 Å². The maximum absolute atomic E-state index is 6.06. The number of rotatable bonds is 6. The van der Waals surface area contributed by atoms with Gasteiger partial charge in [0.15, 0.2) is 0 Å². The minimum atomic E-state index is 0.500. The van der Waals surface area contributed by atoms with Crippen LogP contribution in [-0.4, -0.2) is 6.54 Å². The minimum Gasteiger partial charge on any atom is -0.489 e. The molecule has 0 aliphatic heterocycles. The van der Waals surface area contributed by atoms with Crippen molar-refractivity contribution in [1.82, 2.24) is 5.32 Å². The Hall–Kier alpha value is -1.80. The van der Waals surface area contributed by atoms with E-state index < -0.39 is 0 Å². The van der Waals surface area contributed by atoms with Gasteiger partial charge in [-0.15, -0.1) is 0 Å². The van der Waals surface area contributed by atoms with E-state index in [0.29, 0.717) is 12.6 Å². The van der Waals surface area contributed by atoms with Gasteiger partial charge in [0.25, 0.3) is 0 Å². The highest BCUT2D eigenvalue weighted by Crippen LogP contribution is 2.37. The Kier molecular flexibility index (Phi) is 4.56. The van der Waals surface area contributed by atoms with Gasteiger partial charge in [-0.25, -0.2) is 0 Å². The second-order valence-electron chi connectivity index (χ2n) is 5.64. The highest BCUT2D eigenvalue weighted by molar-refractivity contribution is 5.45. The molecule has 0 bridgehead atoms. The predicted molar refractivity (Wildman–Crippen MR) is 86.6 cm³/mol. The molecule has 2 aromatic rings. The van der Waals surface area contributed by atoms with Gasteiger partial charge in [0.1, 0.15) is 12.4 Å². The molecule has 0 spiro atoms. The van der Waals surface area contributed by atoms with Crippen LogP contribution in [-0.2, 0) is 13.0 Å². The van der Waals surface area contributed by atoms with Gasteiger partial charge in [-0.2, -0.15) is 0 Å². The number of fused-ring (bicyclic) bond motifs is 1. The lowest BCUT2D eigenvalue weighted by molar-refractivity contribution is 0.303. The molecular weight excluding hydrogens is 258 g/mol. The SMILES string of the molecule is CCCNC1CCc2c(OCc3ccccc3)cccc21. The molecule has 1 aliphatic carbocycles. The lowest BCUT2D eigenvalue weighted by Crippen LogP contribution is -2.19. The topological polar surface area (TPSA) is 21.3 Å². The Morgan fingerprint density at radius 1 is 1.10 bits per heavy atom. The quantitative estimate of drug-likeness (QED) is 0.854. The molecule has 1 aliphatic rings. The largest absolute Gasteiger partial charge is 0.489 e. The second kappa shape index (κ2) is 6.77. The molecule has 0 saturated heterocycles. The number of benzene rings is 2. The fourth-order valence-electron chi connectivity index (χ4n) is 3.02. The van der Waals surface area contributed by atoms with Crippen molar-refractivity contribution >= 4 is 0 Å². The van der Waals surface area contributed by atoms with Gasteiger partial charge in [0, 0.05) is 6.04 Å². The maximum Gasteiger partial charge on any atom is 0.123 e. The first-order valence-electron chi connectivity index (χ1n) is 7.90. The molecular formula is C19H23NO. The van der Waals surface area contributed by atoms with Crippen molar-refractivity contribution in [3.05, 3.63) is 65.2 Å². The van der Waals surface area contributed by atoms with Crippen LogP contribution in [0.25, 0.3) is 0 Å². The van der Waals surface area contributed by atoms with Crippen LogP contribution in [0.2, 0.25) is 0 Å². The average molecular weight is 281 g/mol. The molecule has 2 nitrogen and oxygen atoms in total. The van der Waals surface area contributed by atoms with E-state index in [2.05, 4.69) is 54.7 Å². The normalized spacial score (nSPS) is 16.7. The highest BCUT2D eigenvalue weighted by atomic mass is 16.5. The van der Waals surface area contributed by atoms with Gasteiger partial charge in [-0.3, -0.25) is 0 Å². The maximum atomic E-state index is 6.06. The smallest absolute Gasteiger partial charge is 0.123 e. The summed E-state index contributed by atoms with van der Waals surface area (Å²) in [4.78, 5) is 0. The molecule has 0 heterocycles. The van der Waals surface area contributed by atoms with Crippen LogP contribution in [0.1, 0.15) is 42.5 Å². The Labute approximate surface area is 127 Å². The third-order valence-electron chi connectivity index (χ3n) is 4.11. The van der Waals surface area contributed by atoms with E-state index in [0.717, 1.165) is 18.7 Å². The summed E-state index contributed by atoms with van der Waals surface area (Å²) in [5, 5.41) is 3.63. The third kappa shape index (κ3) is 3.27. The van der Waals surface area contributed by atoms with E-state index in [4.69, 9.17) is 4.74 Å². The lowest BCUT2D eigenvalue weighted by atomic mass is 10.1. The summed E-state index contributed by atoms with van der Waals surface area (Å²) < 4.78 is 6.06. The molecule has 2 aromatic carbocycles. The summed E-state index contributed by atoms with van der Waals surface area (Å²) in [6.07, 6.45) is 3.47. The zero-order valence-electron chi connectivity index (χ0n) is 12.6. The predicted octanol–water partition coefficient (Wildman–Crippen LogP) is 4.25. The number of hydrogen-bond acceptors (Lipinski definition) is 2. The lowest BCUT2D eigenvalue weighted by Gasteiger charge is -2.15. The molecule has 1 atom stereocenters. The molecule has 2 heteroatoms. The zero-order valence-corrected chi connectivity index (χ0v) is 12.6. The summed E-state index contributed by atoms with van der Waals surface area (Å²) in [6.45, 7) is 3.94. The van der Waals surface area contributed by atoms with Crippen molar-refractivity contribution in [2.24, 2.45) is 0 Å². The van der Waals surface area contributed by atoms with Gasteiger partial charge in [-0.1, -0.05) is 49.4 Å². The molecule has 0 radical (unpaired) electrons. The second-order valence-corrected chi connectivity index (χ2v) is 5.64. The van der Waals surface area contributed by atoms with E-state index in [-0.39, 0.29) is 0 Å². The number of hydrogen-bond donors (Lipinski definition) is 1. The first-order chi connectivity index (χ1) is 10.4. The van der Waals surface area contributed by atoms with Gasteiger partial charge < -0.3 is 10.1 Å². The van der Waals surface area contributed by atoms with Crippen molar-refractivity contribution in [3.8, 4) is 5.75 Å². The van der Waals surface area contributed by atoms with Crippen molar-refractivity contribution in [3.63, 3.8) is 0 Å². The Balaban J connectivity index is 1.71. The summed E-state index contributed by atoms with van der Waals surface area (Å²) in [6, 6.07) is 17.3. The molecule has 0 saturated carbocycles. The van der Waals surface area contributed by atoms with Crippen molar-refractivity contribution in [2.45, 2.75) is 38.8 Å². The van der Waals surface area contributed by atoms with Crippen molar-refractivity contribution < 1.29 is 4.74 Å². The monoisotopic (exact) mass is 281 g/mol. The molecule has 110 valence electrons. The molecule has 1 unspecified atom stereocenters. The Bertz CT molecular complexity index is 579. The fourth-order valence-corrected chi connectivity index (χ4v) is 3.02. The van der Waals surface area contributed by atoms with Crippen LogP contribution in [0.15, 0.2) is 48.5 Å². The van der Waals surface area contributed by atoms with Crippen LogP contribution < -0.4 is 10.1 Å². The van der Waals surface area contributed by atoms with E-state index in [1.165, 1.54) is 29.5 Å².